The molecular weight excluding hydrogens is 364 g/mol. The topological polar surface area (TPSA) is 69.7 Å². The van der Waals surface area contributed by atoms with Crippen molar-refractivity contribution in [2.75, 3.05) is 13.2 Å². The first-order valence-corrected chi connectivity index (χ1v) is 10.3. The van der Waals surface area contributed by atoms with Gasteiger partial charge in [0.05, 0.1) is 18.8 Å². The molecule has 0 saturated carbocycles. The summed E-state index contributed by atoms with van der Waals surface area (Å²) in [4.78, 5) is 12.4. The minimum Gasteiger partial charge on any atom is -0.462 e. The highest BCUT2D eigenvalue weighted by molar-refractivity contribution is 8.09. The number of ether oxygens (including phenoxy) is 1. The molecule has 0 heterocycles. The van der Waals surface area contributed by atoms with Gasteiger partial charge in [0, 0.05) is 10.7 Å². The van der Waals surface area contributed by atoms with Crippen LogP contribution >= 0.6 is 10.7 Å². The van der Waals surface area contributed by atoms with Crippen LogP contribution in [0.5, 0.6) is 0 Å². The van der Waals surface area contributed by atoms with E-state index >= 15 is 0 Å². The van der Waals surface area contributed by atoms with Crippen molar-refractivity contribution in [2.45, 2.75) is 48.0 Å². The van der Waals surface area contributed by atoms with E-state index in [1.807, 2.05) is 59.7 Å². The predicted molar refractivity (Wildman–Crippen MR) is 99.1 cm³/mol. The molecule has 1 aromatic rings. The van der Waals surface area contributed by atoms with Crippen LogP contribution in [-0.4, -0.2) is 27.6 Å². The molecule has 142 valence electrons. The van der Waals surface area contributed by atoms with Gasteiger partial charge >= 0.3 is 15.3 Å². The lowest BCUT2D eigenvalue weighted by molar-refractivity contribution is 0.0209. The van der Waals surface area contributed by atoms with Crippen molar-refractivity contribution in [3.05, 3.63) is 34.9 Å². The SMILES string of the molecule is Cc1cccc(C)c1C(=O)OCC(C)(C)CC(C)(C)COS(=O)(=O)Cl. The standard InChI is InChI=1S/C18H27ClO5S/c1-13-8-7-9-14(2)15(13)16(20)23-11-17(3,4)10-18(5,6)12-24-25(19,21)22/h7-9H,10-12H2,1-6H3. The molecule has 0 unspecified atom stereocenters. The van der Waals surface area contributed by atoms with Gasteiger partial charge < -0.3 is 4.74 Å². The van der Waals surface area contributed by atoms with E-state index in [4.69, 9.17) is 19.6 Å². The monoisotopic (exact) mass is 390 g/mol. The van der Waals surface area contributed by atoms with Gasteiger partial charge in [-0.3, -0.25) is 4.18 Å². The van der Waals surface area contributed by atoms with Gasteiger partial charge in [0.2, 0.25) is 0 Å². The Balaban J connectivity index is 2.70. The van der Waals surface area contributed by atoms with Crippen LogP contribution in [0.1, 0.15) is 55.6 Å². The highest BCUT2D eigenvalue weighted by Gasteiger charge is 2.32. The largest absolute Gasteiger partial charge is 0.462 e. The minimum absolute atomic E-state index is 0.0346. The van der Waals surface area contributed by atoms with Crippen molar-refractivity contribution in [1.29, 1.82) is 0 Å². The molecule has 0 aromatic heterocycles. The van der Waals surface area contributed by atoms with Gasteiger partial charge in [0.15, 0.2) is 0 Å². The maximum Gasteiger partial charge on any atom is 0.355 e. The lowest BCUT2D eigenvalue weighted by Gasteiger charge is -2.34. The summed E-state index contributed by atoms with van der Waals surface area (Å²) in [6.07, 6.45) is 0.590. The van der Waals surface area contributed by atoms with E-state index in [1.165, 1.54) is 0 Å². The van der Waals surface area contributed by atoms with Gasteiger partial charge in [0.1, 0.15) is 0 Å². The number of esters is 1. The summed E-state index contributed by atoms with van der Waals surface area (Å²) in [5.41, 5.74) is 1.55. The molecule has 1 rings (SSSR count). The molecule has 0 aliphatic heterocycles. The molecule has 0 N–H and O–H groups in total. The van der Waals surface area contributed by atoms with Crippen LogP contribution in [0, 0.1) is 24.7 Å². The smallest absolute Gasteiger partial charge is 0.355 e. The number of aryl methyl sites for hydroxylation is 2. The fourth-order valence-corrected chi connectivity index (χ4v) is 3.69. The zero-order valence-electron chi connectivity index (χ0n) is 15.7. The van der Waals surface area contributed by atoms with Crippen LogP contribution in [0.15, 0.2) is 18.2 Å². The number of hydrogen-bond donors (Lipinski definition) is 0. The minimum atomic E-state index is -4.00. The van der Waals surface area contributed by atoms with Crippen LogP contribution in [0.3, 0.4) is 0 Å². The van der Waals surface area contributed by atoms with Gasteiger partial charge in [-0.15, -0.1) is 0 Å². The van der Waals surface area contributed by atoms with Crippen molar-refractivity contribution in [3.63, 3.8) is 0 Å². The maximum absolute atomic E-state index is 12.4. The van der Waals surface area contributed by atoms with Gasteiger partial charge in [-0.1, -0.05) is 45.9 Å². The summed E-state index contributed by atoms with van der Waals surface area (Å²) >= 11 is 0. The molecule has 5 nitrogen and oxygen atoms in total. The molecule has 0 radical (unpaired) electrons. The molecule has 0 saturated heterocycles. The third kappa shape index (κ3) is 7.75. The molecular formula is C18H27ClO5S. The summed E-state index contributed by atoms with van der Waals surface area (Å²) in [7, 11) is 1.09. The highest BCUT2D eigenvalue weighted by Crippen LogP contribution is 2.35. The van der Waals surface area contributed by atoms with E-state index in [9.17, 15) is 13.2 Å². The fourth-order valence-electron chi connectivity index (χ4n) is 3.10. The number of carbonyl (C=O) groups is 1. The Morgan fingerprint density at radius 1 is 1.04 bits per heavy atom. The van der Waals surface area contributed by atoms with Gasteiger partial charge in [0.25, 0.3) is 0 Å². The molecule has 0 aliphatic carbocycles. The molecule has 0 atom stereocenters. The molecule has 0 aliphatic rings. The molecule has 0 amide bonds. The predicted octanol–water partition coefficient (Wildman–Crippen LogP) is 4.40. The molecule has 7 heteroatoms. The van der Waals surface area contributed by atoms with Crippen LogP contribution in [0.2, 0.25) is 0 Å². The third-order valence-corrected chi connectivity index (χ3v) is 4.49. The van der Waals surface area contributed by atoms with E-state index in [1.54, 1.807) is 0 Å². The first-order chi connectivity index (χ1) is 11.2. The van der Waals surface area contributed by atoms with Gasteiger partial charge in [-0.25, -0.2) is 4.79 Å². The fraction of sp³-hybridized carbons (Fsp3) is 0.611. The molecule has 0 bridgehead atoms. The Kier molecular flexibility index (Phi) is 7.07. The first-order valence-electron chi connectivity index (χ1n) is 8.05. The summed E-state index contributed by atoms with van der Waals surface area (Å²) in [5, 5.41) is 0. The van der Waals surface area contributed by atoms with Crippen molar-refractivity contribution in [1.82, 2.24) is 0 Å². The van der Waals surface area contributed by atoms with E-state index in [2.05, 4.69) is 0 Å². The second-order valence-corrected chi connectivity index (χ2v) is 10.2. The number of rotatable bonds is 8. The van der Waals surface area contributed by atoms with Crippen molar-refractivity contribution in [3.8, 4) is 0 Å². The summed E-state index contributed by atoms with van der Waals surface area (Å²) in [6, 6.07) is 5.66. The Hall–Kier alpha value is -1.11. The van der Waals surface area contributed by atoms with E-state index in [0.717, 1.165) is 11.1 Å². The maximum atomic E-state index is 12.4. The number of hydrogen-bond acceptors (Lipinski definition) is 5. The molecule has 1 aromatic carbocycles. The normalized spacial score (nSPS) is 12.9. The summed E-state index contributed by atoms with van der Waals surface area (Å²) in [6.45, 7) is 11.6. The number of carbonyl (C=O) groups excluding carboxylic acids is 1. The Bertz CT molecular complexity index is 703. The Morgan fingerprint density at radius 3 is 2.00 bits per heavy atom. The molecule has 0 fully saturated rings. The van der Waals surface area contributed by atoms with E-state index in [-0.39, 0.29) is 24.6 Å². The molecule has 25 heavy (non-hydrogen) atoms. The lowest BCUT2D eigenvalue weighted by Crippen LogP contribution is -2.32. The van der Waals surface area contributed by atoms with Gasteiger partial charge in [-0.05, 0) is 42.2 Å². The Morgan fingerprint density at radius 2 is 1.52 bits per heavy atom. The van der Waals surface area contributed by atoms with Crippen LogP contribution < -0.4 is 0 Å². The average Bonchev–Trinajstić information content (AvgIpc) is 2.41. The van der Waals surface area contributed by atoms with Crippen molar-refractivity contribution >= 4 is 26.0 Å². The average molecular weight is 391 g/mol. The zero-order valence-corrected chi connectivity index (χ0v) is 17.3. The van der Waals surface area contributed by atoms with Crippen LogP contribution in [0.4, 0.5) is 0 Å². The zero-order chi connectivity index (χ0) is 19.5. The Labute approximate surface area is 155 Å². The van der Waals surface area contributed by atoms with Crippen LogP contribution in [0.25, 0.3) is 0 Å². The highest BCUT2D eigenvalue weighted by atomic mass is 35.7. The summed E-state index contributed by atoms with van der Waals surface area (Å²) in [5.74, 6) is -0.346. The first kappa shape index (κ1) is 21.9. The van der Waals surface area contributed by atoms with E-state index in [0.29, 0.717) is 12.0 Å². The number of halogens is 1. The lowest BCUT2D eigenvalue weighted by atomic mass is 9.76. The van der Waals surface area contributed by atoms with Crippen molar-refractivity contribution < 1.29 is 22.1 Å². The second-order valence-electron chi connectivity index (χ2n) is 8.00. The number of benzene rings is 1. The van der Waals surface area contributed by atoms with E-state index < -0.39 is 14.7 Å². The summed E-state index contributed by atoms with van der Waals surface area (Å²) < 4.78 is 32.1. The quantitative estimate of drug-likeness (QED) is 0.486. The van der Waals surface area contributed by atoms with Crippen LogP contribution in [-0.2, 0) is 18.3 Å². The van der Waals surface area contributed by atoms with Crippen molar-refractivity contribution in [2.24, 2.45) is 10.8 Å². The molecule has 0 spiro atoms. The second kappa shape index (κ2) is 8.06. The van der Waals surface area contributed by atoms with Gasteiger partial charge in [-0.2, -0.15) is 8.42 Å². The third-order valence-electron chi connectivity index (χ3n) is 3.83.